The van der Waals surface area contributed by atoms with Gasteiger partial charge in [0.2, 0.25) is 0 Å². The summed E-state index contributed by atoms with van der Waals surface area (Å²) in [7, 11) is 0. The Balaban J connectivity index is 1.98. The molecule has 0 aliphatic heterocycles. The highest BCUT2D eigenvalue weighted by molar-refractivity contribution is 5.63. The SMILES string of the molecule is Nc1cccn2nc(Cc3cccc(F)c3)nc12. The number of hydrogen-bond acceptors (Lipinski definition) is 3. The van der Waals surface area contributed by atoms with E-state index in [0.29, 0.717) is 23.6 Å². The van der Waals surface area contributed by atoms with Crippen LogP contribution in [0.4, 0.5) is 10.1 Å². The summed E-state index contributed by atoms with van der Waals surface area (Å²) in [4.78, 5) is 4.34. The highest BCUT2D eigenvalue weighted by Crippen LogP contribution is 2.13. The molecular weight excluding hydrogens is 231 g/mol. The molecule has 90 valence electrons. The maximum absolute atomic E-state index is 13.1. The lowest BCUT2D eigenvalue weighted by Crippen LogP contribution is -1.93. The molecule has 0 amide bonds. The normalized spacial score (nSPS) is 10.9. The summed E-state index contributed by atoms with van der Waals surface area (Å²) < 4.78 is 14.7. The molecule has 0 aliphatic rings. The molecule has 0 atom stereocenters. The van der Waals surface area contributed by atoms with Crippen LogP contribution in [0.3, 0.4) is 0 Å². The van der Waals surface area contributed by atoms with Crippen molar-refractivity contribution in [3.63, 3.8) is 0 Å². The summed E-state index contributed by atoms with van der Waals surface area (Å²) in [6.07, 6.45) is 2.27. The molecule has 0 saturated heterocycles. The lowest BCUT2D eigenvalue weighted by molar-refractivity contribution is 0.625. The number of anilines is 1. The number of nitrogen functional groups attached to an aromatic ring is 1. The van der Waals surface area contributed by atoms with E-state index in [0.717, 1.165) is 5.56 Å². The second kappa shape index (κ2) is 4.10. The van der Waals surface area contributed by atoms with Crippen LogP contribution in [-0.2, 0) is 6.42 Å². The van der Waals surface area contributed by atoms with Gasteiger partial charge in [0.1, 0.15) is 5.82 Å². The van der Waals surface area contributed by atoms with Gasteiger partial charge in [0.05, 0.1) is 5.69 Å². The average Bonchev–Trinajstić information content (AvgIpc) is 2.73. The van der Waals surface area contributed by atoms with Crippen molar-refractivity contribution in [2.45, 2.75) is 6.42 Å². The zero-order chi connectivity index (χ0) is 12.5. The third-order valence-corrected chi connectivity index (χ3v) is 2.69. The number of halogens is 1. The van der Waals surface area contributed by atoms with E-state index >= 15 is 0 Å². The van der Waals surface area contributed by atoms with Gasteiger partial charge in [-0.05, 0) is 29.8 Å². The topological polar surface area (TPSA) is 56.2 Å². The smallest absolute Gasteiger partial charge is 0.178 e. The van der Waals surface area contributed by atoms with Crippen molar-refractivity contribution in [2.75, 3.05) is 5.73 Å². The Morgan fingerprint density at radius 1 is 1.22 bits per heavy atom. The molecule has 0 spiro atoms. The first-order valence-electron chi connectivity index (χ1n) is 5.56. The van der Waals surface area contributed by atoms with Crippen molar-refractivity contribution in [3.05, 3.63) is 59.8 Å². The maximum Gasteiger partial charge on any atom is 0.178 e. The number of nitrogens with two attached hydrogens (primary N) is 1. The van der Waals surface area contributed by atoms with Gasteiger partial charge in [-0.25, -0.2) is 13.9 Å². The van der Waals surface area contributed by atoms with Crippen LogP contribution in [0.25, 0.3) is 5.65 Å². The number of pyridine rings is 1. The largest absolute Gasteiger partial charge is 0.396 e. The van der Waals surface area contributed by atoms with Gasteiger partial charge >= 0.3 is 0 Å². The van der Waals surface area contributed by atoms with E-state index in [2.05, 4.69) is 10.1 Å². The second-order valence-corrected chi connectivity index (χ2v) is 4.07. The third kappa shape index (κ3) is 1.90. The van der Waals surface area contributed by atoms with Crippen LogP contribution < -0.4 is 5.73 Å². The van der Waals surface area contributed by atoms with E-state index in [4.69, 9.17) is 5.73 Å². The molecule has 0 unspecified atom stereocenters. The highest BCUT2D eigenvalue weighted by Gasteiger charge is 2.07. The molecule has 4 nitrogen and oxygen atoms in total. The molecule has 5 heteroatoms. The van der Waals surface area contributed by atoms with Crippen molar-refractivity contribution >= 4 is 11.3 Å². The molecule has 3 rings (SSSR count). The molecule has 2 N–H and O–H groups in total. The lowest BCUT2D eigenvalue weighted by Gasteiger charge is -1.96. The Kier molecular flexibility index (Phi) is 2.44. The third-order valence-electron chi connectivity index (χ3n) is 2.69. The first kappa shape index (κ1) is 10.7. The predicted molar refractivity (Wildman–Crippen MR) is 66.6 cm³/mol. The van der Waals surface area contributed by atoms with Gasteiger partial charge < -0.3 is 5.73 Å². The molecule has 0 saturated carbocycles. The molecule has 0 radical (unpaired) electrons. The fourth-order valence-electron chi connectivity index (χ4n) is 1.88. The second-order valence-electron chi connectivity index (χ2n) is 4.07. The van der Waals surface area contributed by atoms with Crippen LogP contribution in [0.5, 0.6) is 0 Å². The molecule has 1 aromatic carbocycles. The van der Waals surface area contributed by atoms with Gasteiger partial charge in [0.25, 0.3) is 0 Å². The lowest BCUT2D eigenvalue weighted by atomic mass is 10.1. The van der Waals surface area contributed by atoms with Crippen LogP contribution in [0.1, 0.15) is 11.4 Å². The van der Waals surface area contributed by atoms with Crippen LogP contribution >= 0.6 is 0 Å². The molecule has 2 heterocycles. The molecule has 2 aromatic heterocycles. The maximum atomic E-state index is 13.1. The van der Waals surface area contributed by atoms with Crippen LogP contribution in [-0.4, -0.2) is 14.6 Å². The first-order chi connectivity index (χ1) is 8.72. The van der Waals surface area contributed by atoms with E-state index in [1.165, 1.54) is 12.1 Å². The molecule has 0 bridgehead atoms. The van der Waals surface area contributed by atoms with Crippen molar-refractivity contribution in [1.29, 1.82) is 0 Å². The Hall–Kier alpha value is -2.43. The summed E-state index contributed by atoms with van der Waals surface area (Å²) in [6, 6.07) is 10.00. The molecule has 0 fully saturated rings. The van der Waals surface area contributed by atoms with Gasteiger partial charge in [-0.1, -0.05) is 12.1 Å². The number of rotatable bonds is 2. The van der Waals surface area contributed by atoms with Crippen molar-refractivity contribution in [1.82, 2.24) is 14.6 Å². The fraction of sp³-hybridized carbons (Fsp3) is 0.0769. The zero-order valence-corrected chi connectivity index (χ0v) is 9.55. The Labute approximate surface area is 103 Å². The van der Waals surface area contributed by atoms with Crippen LogP contribution in [0.15, 0.2) is 42.6 Å². The quantitative estimate of drug-likeness (QED) is 0.748. The summed E-state index contributed by atoms with van der Waals surface area (Å²) >= 11 is 0. The fourth-order valence-corrected chi connectivity index (χ4v) is 1.88. The Morgan fingerprint density at radius 3 is 2.89 bits per heavy atom. The van der Waals surface area contributed by atoms with E-state index in [9.17, 15) is 4.39 Å². The van der Waals surface area contributed by atoms with Gasteiger partial charge in [-0.3, -0.25) is 0 Å². The summed E-state index contributed by atoms with van der Waals surface area (Å²) in [5.41, 5.74) is 7.85. The van der Waals surface area contributed by atoms with E-state index in [-0.39, 0.29) is 5.82 Å². The van der Waals surface area contributed by atoms with E-state index in [1.807, 2.05) is 12.1 Å². The standard InChI is InChI=1S/C13H11FN4/c14-10-4-1-3-9(7-10)8-12-16-13-11(15)5-2-6-18(13)17-12/h1-7H,8,15H2. The van der Waals surface area contributed by atoms with Gasteiger partial charge in [-0.2, -0.15) is 5.10 Å². The number of nitrogens with zero attached hydrogens (tertiary/aromatic N) is 3. The van der Waals surface area contributed by atoms with Gasteiger partial charge in [0, 0.05) is 12.6 Å². The van der Waals surface area contributed by atoms with Gasteiger partial charge in [-0.15, -0.1) is 0 Å². The Bertz CT molecular complexity index is 705. The number of fused-ring (bicyclic) bond motifs is 1. The van der Waals surface area contributed by atoms with Crippen molar-refractivity contribution in [2.24, 2.45) is 0 Å². The minimum Gasteiger partial charge on any atom is -0.396 e. The van der Waals surface area contributed by atoms with E-state index < -0.39 is 0 Å². The summed E-state index contributed by atoms with van der Waals surface area (Å²) in [6.45, 7) is 0. The first-order valence-corrected chi connectivity index (χ1v) is 5.56. The van der Waals surface area contributed by atoms with Gasteiger partial charge in [0.15, 0.2) is 11.5 Å². The minimum absolute atomic E-state index is 0.254. The van der Waals surface area contributed by atoms with Crippen LogP contribution in [0.2, 0.25) is 0 Å². The molecular formula is C13H11FN4. The number of hydrogen-bond donors (Lipinski definition) is 1. The van der Waals surface area contributed by atoms with E-state index in [1.54, 1.807) is 22.8 Å². The summed E-state index contributed by atoms with van der Waals surface area (Å²) in [5.74, 6) is 0.370. The molecule has 0 aliphatic carbocycles. The van der Waals surface area contributed by atoms with Crippen molar-refractivity contribution < 1.29 is 4.39 Å². The monoisotopic (exact) mass is 242 g/mol. The minimum atomic E-state index is -0.254. The van der Waals surface area contributed by atoms with Crippen molar-refractivity contribution in [3.8, 4) is 0 Å². The highest BCUT2D eigenvalue weighted by atomic mass is 19.1. The summed E-state index contributed by atoms with van der Waals surface area (Å²) in [5, 5.41) is 4.30. The predicted octanol–water partition coefficient (Wildman–Crippen LogP) is 2.04. The average molecular weight is 242 g/mol. The number of benzene rings is 1. The Morgan fingerprint density at radius 2 is 2.11 bits per heavy atom. The molecule has 18 heavy (non-hydrogen) atoms. The molecule has 3 aromatic rings. The van der Waals surface area contributed by atoms with Crippen LogP contribution in [0, 0.1) is 5.82 Å². The number of aromatic nitrogens is 3. The zero-order valence-electron chi connectivity index (χ0n) is 9.55.